The quantitative estimate of drug-likeness (QED) is 0.947. The second-order valence-electron chi connectivity index (χ2n) is 5.83. The number of nitrogen functional groups attached to an aromatic ring is 1. The molecule has 0 radical (unpaired) electrons. The second-order valence-corrected chi connectivity index (χ2v) is 6.83. The maximum atomic E-state index is 12.7. The van der Waals surface area contributed by atoms with Crippen molar-refractivity contribution in [2.24, 2.45) is 0 Å². The molecule has 0 aromatic carbocycles. The van der Waals surface area contributed by atoms with E-state index in [1.807, 2.05) is 25.7 Å². The van der Waals surface area contributed by atoms with Gasteiger partial charge in [-0.1, -0.05) is 0 Å². The minimum absolute atomic E-state index is 0.0214. The van der Waals surface area contributed by atoms with Crippen molar-refractivity contribution < 1.29 is 4.79 Å². The first kappa shape index (κ1) is 14.3. The minimum atomic E-state index is 0.0214. The van der Waals surface area contributed by atoms with Crippen LogP contribution in [0.4, 0.5) is 5.69 Å². The van der Waals surface area contributed by atoms with Crippen LogP contribution in [0.5, 0.6) is 0 Å². The highest BCUT2D eigenvalue weighted by molar-refractivity contribution is 7.21. The first-order valence-corrected chi connectivity index (χ1v) is 8.36. The van der Waals surface area contributed by atoms with Gasteiger partial charge in [-0.2, -0.15) is 0 Å². The highest BCUT2D eigenvalue weighted by atomic mass is 32.1. The zero-order valence-electron chi connectivity index (χ0n) is 12.8. The Labute approximate surface area is 129 Å². The molecule has 0 aliphatic heterocycles. The van der Waals surface area contributed by atoms with Crippen LogP contribution in [0.1, 0.15) is 48.1 Å². The summed E-state index contributed by atoms with van der Waals surface area (Å²) < 4.78 is 0. The van der Waals surface area contributed by atoms with Gasteiger partial charge in [0.25, 0.3) is 5.91 Å². The van der Waals surface area contributed by atoms with Crippen molar-refractivity contribution in [1.29, 1.82) is 0 Å². The molecule has 0 bridgehead atoms. The van der Waals surface area contributed by atoms with Crippen molar-refractivity contribution in [2.75, 3.05) is 12.3 Å². The Morgan fingerprint density at radius 2 is 2.24 bits per heavy atom. The third-order valence-electron chi connectivity index (χ3n) is 4.17. The molecule has 4 nitrogen and oxygen atoms in total. The molecule has 2 aromatic rings. The molecule has 5 heteroatoms. The summed E-state index contributed by atoms with van der Waals surface area (Å²) in [5, 5.41) is 0.948. The molecule has 0 atom stereocenters. The maximum absolute atomic E-state index is 12.7. The molecule has 112 valence electrons. The van der Waals surface area contributed by atoms with Gasteiger partial charge < -0.3 is 10.6 Å². The first-order chi connectivity index (χ1) is 10.0. The number of carbonyl (C=O) groups excluding carboxylic acids is 1. The number of fused-ring (bicyclic) bond motifs is 2. The molecule has 21 heavy (non-hydrogen) atoms. The number of pyridine rings is 1. The normalized spacial score (nSPS) is 13.9. The lowest BCUT2D eigenvalue weighted by Crippen LogP contribution is -2.36. The van der Waals surface area contributed by atoms with E-state index in [0.29, 0.717) is 17.1 Å². The van der Waals surface area contributed by atoms with E-state index in [9.17, 15) is 4.79 Å². The number of thiophene rings is 1. The van der Waals surface area contributed by atoms with Crippen molar-refractivity contribution in [3.8, 4) is 0 Å². The average molecular weight is 303 g/mol. The molecule has 0 unspecified atom stereocenters. The van der Waals surface area contributed by atoms with Crippen molar-refractivity contribution >= 4 is 33.1 Å². The zero-order chi connectivity index (χ0) is 15.1. The van der Waals surface area contributed by atoms with Crippen LogP contribution < -0.4 is 5.73 Å². The van der Waals surface area contributed by atoms with E-state index in [4.69, 9.17) is 10.7 Å². The van der Waals surface area contributed by atoms with Gasteiger partial charge in [-0.3, -0.25) is 4.79 Å². The average Bonchev–Trinajstić information content (AvgIpc) is 3.01. The maximum Gasteiger partial charge on any atom is 0.266 e. The lowest BCUT2D eigenvalue weighted by Gasteiger charge is -2.24. The number of aromatic nitrogens is 1. The Kier molecular flexibility index (Phi) is 3.61. The lowest BCUT2D eigenvalue weighted by molar-refractivity contribution is 0.0723. The van der Waals surface area contributed by atoms with Crippen LogP contribution in [0.3, 0.4) is 0 Å². The van der Waals surface area contributed by atoms with Gasteiger partial charge >= 0.3 is 0 Å². The molecular formula is C16H21N3OS. The predicted octanol–water partition coefficient (Wildman–Crippen LogP) is 3.24. The summed E-state index contributed by atoms with van der Waals surface area (Å²) in [5.74, 6) is 0.0214. The Morgan fingerprint density at radius 3 is 2.90 bits per heavy atom. The van der Waals surface area contributed by atoms with Crippen LogP contribution in [0.25, 0.3) is 10.2 Å². The standard InChI is InChI=1S/C16H21N3OS/c1-4-19(9(2)3)16(20)14-13(17)11-8-10-6-5-7-12(10)18-15(11)21-14/h8-9H,4-7,17H2,1-3H3. The third-order valence-corrected chi connectivity index (χ3v) is 5.27. The van der Waals surface area contributed by atoms with Gasteiger partial charge in [0, 0.05) is 23.7 Å². The van der Waals surface area contributed by atoms with Crippen LogP contribution in [0.2, 0.25) is 0 Å². The number of amides is 1. The predicted molar refractivity (Wildman–Crippen MR) is 87.9 cm³/mol. The number of nitrogens with zero attached hydrogens (tertiary/aromatic N) is 2. The molecule has 1 amide bonds. The summed E-state index contributed by atoms with van der Waals surface area (Å²) in [4.78, 5) is 20.8. The summed E-state index contributed by atoms with van der Waals surface area (Å²) >= 11 is 1.43. The van der Waals surface area contributed by atoms with Gasteiger partial charge in [0.15, 0.2) is 0 Å². The number of anilines is 1. The van der Waals surface area contributed by atoms with Crippen LogP contribution in [0, 0.1) is 0 Å². The molecule has 0 fully saturated rings. The van der Waals surface area contributed by atoms with Crippen LogP contribution in [-0.2, 0) is 12.8 Å². The zero-order valence-corrected chi connectivity index (χ0v) is 13.6. The first-order valence-electron chi connectivity index (χ1n) is 7.54. The van der Waals surface area contributed by atoms with Gasteiger partial charge in [-0.25, -0.2) is 4.98 Å². The molecular weight excluding hydrogens is 282 g/mol. The fraction of sp³-hybridized carbons (Fsp3) is 0.500. The molecule has 2 heterocycles. The van der Waals surface area contributed by atoms with Crippen molar-refractivity contribution in [1.82, 2.24) is 9.88 Å². The van der Waals surface area contributed by atoms with E-state index in [1.165, 1.54) is 29.0 Å². The summed E-state index contributed by atoms with van der Waals surface area (Å²) in [6, 6.07) is 2.31. The second kappa shape index (κ2) is 5.30. The Bertz CT molecular complexity index is 705. The van der Waals surface area contributed by atoms with E-state index < -0.39 is 0 Å². The molecule has 0 saturated carbocycles. The van der Waals surface area contributed by atoms with Gasteiger partial charge in [0.1, 0.15) is 9.71 Å². The molecule has 1 aliphatic carbocycles. The van der Waals surface area contributed by atoms with Crippen LogP contribution >= 0.6 is 11.3 Å². The number of nitrogens with two attached hydrogens (primary N) is 1. The molecule has 0 spiro atoms. The minimum Gasteiger partial charge on any atom is -0.397 e. The molecule has 3 rings (SSSR count). The number of carbonyl (C=O) groups is 1. The van der Waals surface area contributed by atoms with Gasteiger partial charge in [0.2, 0.25) is 0 Å². The van der Waals surface area contributed by atoms with Crippen molar-refractivity contribution in [3.63, 3.8) is 0 Å². The lowest BCUT2D eigenvalue weighted by atomic mass is 10.1. The number of hydrogen-bond acceptors (Lipinski definition) is 4. The van der Waals surface area contributed by atoms with E-state index in [0.717, 1.165) is 23.1 Å². The highest BCUT2D eigenvalue weighted by Gasteiger charge is 2.24. The summed E-state index contributed by atoms with van der Waals surface area (Å²) in [6.07, 6.45) is 3.28. The smallest absolute Gasteiger partial charge is 0.266 e. The van der Waals surface area contributed by atoms with E-state index in [1.54, 1.807) is 0 Å². The molecule has 2 aromatic heterocycles. The largest absolute Gasteiger partial charge is 0.397 e. The van der Waals surface area contributed by atoms with Gasteiger partial charge in [0.05, 0.1) is 5.69 Å². The third kappa shape index (κ3) is 2.29. The highest BCUT2D eigenvalue weighted by Crippen LogP contribution is 2.36. The molecule has 2 N–H and O–H groups in total. The summed E-state index contributed by atoms with van der Waals surface area (Å²) in [5.41, 5.74) is 9.32. The van der Waals surface area contributed by atoms with Gasteiger partial charge in [-0.15, -0.1) is 11.3 Å². The fourth-order valence-corrected chi connectivity index (χ4v) is 4.08. The number of aryl methyl sites for hydroxylation is 2. The van der Waals surface area contributed by atoms with Gasteiger partial charge in [-0.05, 0) is 51.7 Å². The van der Waals surface area contributed by atoms with Crippen molar-refractivity contribution in [2.45, 2.75) is 46.1 Å². The SMILES string of the molecule is CCN(C(=O)c1sc2nc3c(cc2c1N)CCC3)C(C)C. The fourth-order valence-electron chi connectivity index (χ4n) is 3.03. The Morgan fingerprint density at radius 1 is 1.48 bits per heavy atom. The van der Waals surface area contributed by atoms with E-state index in [-0.39, 0.29) is 11.9 Å². The Balaban J connectivity index is 2.08. The molecule has 1 aliphatic rings. The summed E-state index contributed by atoms with van der Waals surface area (Å²) in [6.45, 7) is 6.73. The van der Waals surface area contributed by atoms with E-state index >= 15 is 0 Å². The van der Waals surface area contributed by atoms with Crippen LogP contribution in [-0.4, -0.2) is 28.4 Å². The number of hydrogen-bond donors (Lipinski definition) is 1. The molecule has 0 saturated heterocycles. The van der Waals surface area contributed by atoms with Crippen LogP contribution in [0.15, 0.2) is 6.07 Å². The van der Waals surface area contributed by atoms with Crippen molar-refractivity contribution in [3.05, 3.63) is 22.2 Å². The number of rotatable bonds is 3. The Hall–Kier alpha value is -1.62. The summed E-state index contributed by atoms with van der Waals surface area (Å²) in [7, 11) is 0. The van der Waals surface area contributed by atoms with E-state index in [2.05, 4.69) is 6.07 Å². The monoisotopic (exact) mass is 303 g/mol. The topological polar surface area (TPSA) is 59.2 Å².